The van der Waals surface area contributed by atoms with Crippen molar-refractivity contribution in [3.8, 4) is 0 Å². The van der Waals surface area contributed by atoms with Crippen LogP contribution in [0.25, 0.3) is 0 Å². The zero-order valence-electron chi connectivity index (χ0n) is 10.1. The van der Waals surface area contributed by atoms with Crippen LogP contribution in [0.2, 0.25) is 0 Å². The summed E-state index contributed by atoms with van der Waals surface area (Å²) in [7, 11) is 0. The Hall–Kier alpha value is -0.920. The van der Waals surface area contributed by atoms with Crippen LogP contribution in [0.4, 0.5) is 0 Å². The summed E-state index contributed by atoms with van der Waals surface area (Å²) in [5, 5.41) is 3.25. The highest BCUT2D eigenvalue weighted by atomic mass is 15.0. The molecule has 0 aliphatic carbocycles. The average molecular weight is 184 g/mol. The molecule has 0 saturated heterocycles. The number of rotatable bonds is 2. The summed E-state index contributed by atoms with van der Waals surface area (Å²) < 4.78 is 0. The molecule has 0 amide bonds. The minimum Gasteiger partial charge on any atom is -0.205 e. The lowest BCUT2D eigenvalue weighted by molar-refractivity contribution is 1.05. The molecule has 1 N–H and O–H groups in total. The van der Waals surface area contributed by atoms with Crippen LogP contribution in [0.5, 0.6) is 0 Å². The van der Waals surface area contributed by atoms with E-state index in [0.29, 0.717) is 0 Å². The van der Waals surface area contributed by atoms with Gasteiger partial charge in [-0.2, -0.15) is 5.11 Å². The van der Waals surface area contributed by atoms with Gasteiger partial charge in [-0.3, -0.25) is 0 Å². The van der Waals surface area contributed by atoms with Crippen molar-refractivity contribution in [1.29, 1.82) is 5.53 Å². The van der Waals surface area contributed by atoms with Gasteiger partial charge in [-0.15, -0.1) is 0 Å². The third-order valence-electron chi connectivity index (χ3n) is 1.07. The quantitative estimate of drug-likeness (QED) is 0.466. The largest absolute Gasteiger partial charge is 0.205 e. The van der Waals surface area contributed by atoms with Crippen LogP contribution >= 0.6 is 0 Å². The number of nitrogens with one attached hydrogen (secondary N) is 1. The molecule has 0 aliphatic heterocycles. The molecule has 0 rings (SSSR count). The van der Waals surface area contributed by atoms with Crippen LogP contribution in [-0.2, 0) is 0 Å². The Labute approximate surface area is 83.3 Å². The van der Waals surface area contributed by atoms with Gasteiger partial charge < -0.3 is 0 Å². The molecule has 2 heteroatoms. The van der Waals surface area contributed by atoms with E-state index < -0.39 is 0 Å². The fourth-order valence-electron chi connectivity index (χ4n) is 0.445. The third-order valence-corrected chi connectivity index (χ3v) is 1.07. The summed E-state index contributed by atoms with van der Waals surface area (Å²) in [4.78, 5) is 0. The van der Waals surface area contributed by atoms with Crippen molar-refractivity contribution >= 4 is 0 Å². The van der Waals surface area contributed by atoms with Crippen molar-refractivity contribution in [3.63, 3.8) is 0 Å². The normalized spacial score (nSPS) is 10.4. The van der Waals surface area contributed by atoms with Gasteiger partial charge in [0.05, 0.1) is 5.70 Å². The fourth-order valence-corrected chi connectivity index (χ4v) is 0.445. The molecule has 0 aromatic rings. The van der Waals surface area contributed by atoms with Crippen molar-refractivity contribution in [3.05, 3.63) is 23.4 Å². The van der Waals surface area contributed by atoms with Gasteiger partial charge in [-0.25, -0.2) is 5.53 Å². The van der Waals surface area contributed by atoms with Gasteiger partial charge in [0.2, 0.25) is 0 Å². The van der Waals surface area contributed by atoms with Crippen molar-refractivity contribution in [1.82, 2.24) is 0 Å². The Morgan fingerprint density at radius 1 is 1.08 bits per heavy atom. The van der Waals surface area contributed by atoms with Crippen LogP contribution in [0, 0.1) is 5.53 Å². The molecule has 0 heterocycles. The Bertz CT molecular complexity index is 155. The Morgan fingerprint density at radius 2 is 1.46 bits per heavy atom. The highest BCUT2D eigenvalue weighted by molar-refractivity contribution is 5.18. The van der Waals surface area contributed by atoms with Gasteiger partial charge >= 0.3 is 0 Å². The van der Waals surface area contributed by atoms with Crippen LogP contribution in [0.1, 0.15) is 48.5 Å². The van der Waals surface area contributed by atoms with Crippen LogP contribution in [0.3, 0.4) is 0 Å². The summed E-state index contributed by atoms with van der Waals surface area (Å²) in [6.45, 7) is 13.7. The molecule has 0 fully saturated rings. The van der Waals surface area contributed by atoms with Gasteiger partial charge in [-0.05, 0) is 26.8 Å². The zero-order chi connectivity index (χ0) is 11.3. The predicted molar refractivity (Wildman–Crippen MR) is 61.0 cm³/mol. The standard InChI is InChI=1S/C7H12N2.2C2H6/c1-4-6(2)5-7(3)9-8;2*1-2/h4-5,8H,1-3H3;2*1-2H3/b6-4-,7-5-,9-8?;;. The van der Waals surface area contributed by atoms with Gasteiger partial charge in [0.25, 0.3) is 0 Å². The minimum absolute atomic E-state index is 0.741. The van der Waals surface area contributed by atoms with Gasteiger partial charge in [0, 0.05) is 0 Å². The smallest absolute Gasteiger partial charge is 0.0595 e. The van der Waals surface area contributed by atoms with E-state index in [2.05, 4.69) is 5.11 Å². The number of allylic oxidation sites excluding steroid dienone is 4. The first kappa shape index (κ1) is 18.0. The molecule has 0 aliphatic rings. The molecular formula is C11H24N2. The monoisotopic (exact) mass is 184 g/mol. The molecule has 13 heavy (non-hydrogen) atoms. The van der Waals surface area contributed by atoms with E-state index in [1.807, 2.05) is 53.7 Å². The highest BCUT2D eigenvalue weighted by Crippen LogP contribution is 2.00. The second-order valence-corrected chi connectivity index (χ2v) is 1.93. The molecule has 0 aromatic heterocycles. The first-order chi connectivity index (χ1) is 6.20. The second kappa shape index (κ2) is 17.2. The zero-order valence-corrected chi connectivity index (χ0v) is 10.1. The van der Waals surface area contributed by atoms with E-state index in [9.17, 15) is 0 Å². The molecule has 0 bridgehead atoms. The highest BCUT2D eigenvalue weighted by Gasteiger charge is 1.81. The van der Waals surface area contributed by atoms with Crippen LogP contribution < -0.4 is 0 Å². The molecule has 0 unspecified atom stereocenters. The van der Waals surface area contributed by atoms with E-state index in [1.54, 1.807) is 6.92 Å². The average Bonchev–Trinajstić information content (AvgIpc) is 2.23. The Kier molecular flexibility index (Phi) is 23.9. The lowest BCUT2D eigenvalue weighted by Crippen LogP contribution is -1.69. The van der Waals surface area contributed by atoms with Crippen molar-refractivity contribution in [2.45, 2.75) is 48.5 Å². The molecule has 0 spiro atoms. The summed E-state index contributed by atoms with van der Waals surface area (Å²) in [5.74, 6) is 0. The van der Waals surface area contributed by atoms with E-state index in [1.165, 1.54) is 0 Å². The number of hydrogen-bond acceptors (Lipinski definition) is 2. The lowest BCUT2D eigenvalue weighted by Gasteiger charge is -1.88. The van der Waals surface area contributed by atoms with Crippen molar-refractivity contribution in [2.24, 2.45) is 5.11 Å². The van der Waals surface area contributed by atoms with Gasteiger partial charge in [0.1, 0.15) is 0 Å². The fraction of sp³-hybridized carbons (Fsp3) is 0.636. The maximum absolute atomic E-state index is 6.61. The summed E-state index contributed by atoms with van der Waals surface area (Å²) in [5.41, 5.74) is 8.49. The lowest BCUT2D eigenvalue weighted by atomic mass is 10.2. The Balaban J connectivity index is -0.000000218. The summed E-state index contributed by atoms with van der Waals surface area (Å²) in [6, 6.07) is 0. The maximum Gasteiger partial charge on any atom is 0.0595 e. The SMILES string of the molecule is C/C=C(C)\C=C(\C)N=N.CC.CC. The first-order valence-corrected chi connectivity index (χ1v) is 4.89. The Morgan fingerprint density at radius 3 is 1.69 bits per heavy atom. The molecule has 0 radical (unpaired) electrons. The third kappa shape index (κ3) is 18.2. The number of nitrogens with zero attached hydrogens (tertiary/aromatic N) is 1. The summed E-state index contributed by atoms with van der Waals surface area (Å²) in [6.07, 6.45) is 3.85. The molecule has 2 nitrogen and oxygen atoms in total. The van der Waals surface area contributed by atoms with E-state index in [0.717, 1.165) is 11.3 Å². The molecule has 0 saturated carbocycles. The molecule has 0 atom stereocenters. The van der Waals surface area contributed by atoms with Crippen LogP contribution in [-0.4, -0.2) is 0 Å². The van der Waals surface area contributed by atoms with Crippen molar-refractivity contribution < 1.29 is 0 Å². The van der Waals surface area contributed by atoms with E-state index in [4.69, 9.17) is 5.53 Å². The second-order valence-electron chi connectivity index (χ2n) is 1.93. The van der Waals surface area contributed by atoms with E-state index in [-0.39, 0.29) is 0 Å². The van der Waals surface area contributed by atoms with Gasteiger partial charge in [0.15, 0.2) is 0 Å². The first-order valence-electron chi connectivity index (χ1n) is 4.89. The topological polar surface area (TPSA) is 36.2 Å². The minimum atomic E-state index is 0.741. The molecular weight excluding hydrogens is 160 g/mol. The van der Waals surface area contributed by atoms with Gasteiger partial charge in [-0.1, -0.05) is 39.3 Å². The molecule has 78 valence electrons. The van der Waals surface area contributed by atoms with Crippen LogP contribution in [0.15, 0.2) is 28.5 Å². The van der Waals surface area contributed by atoms with Crippen molar-refractivity contribution in [2.75, 3.05) is 0 Å². The maximum atomic E-state index is 6.61. The molecule has 0 aromatic carbocycles. The summed E-state index contributed by atoms with van der Waals surface area (Å²) >= 11 is 0. The number of hydrogen-bond donors (Lipinski definition) is 1. The predicted octanol–water partition coefficient (Wildman–Crippen LogP) is 4.94. The van der Waals surface area contributed by atoms with E-state index >= 15 is 0 Å².